The zero-order chi connectivity index (χ0) is 15.5. The number of hydrogen-bond acceptors (Lipinski definition) is 3. The molecule has 2 aromatic carbocycles. The molecule has 110 valence electrons. The summed E-state index contributed by atoms with van der Waals surface area (Å²) in [5.74, 6) is -0.430. The van der Waals surface area contributed by atoms with Crippen LogP contribution >= 0.6 is 0 Å². The highest BCUT2D eigenvalue weighted by atomic mass is 16.4. The van der Waals surface area contributed by atoms with Crippen LogP contribution in [0.3, 0.4) is 0 Å². The normalized spacial score (nSPS) is 10.6. The summed E-state index contributed by atoms with van der Waals surface area (Å²) in [6.07, 6.45) is 0. The number of carbonyl (C=O) groups excluding carboxylic acids is 1. The van der Waals surface area contributed by atoms with Gasteiger partial charge in [-0.2, -0.15) is 0 Å². The highest BCUT2D eigenvalue weighted by Gasteiger charge is 2.14. The number of fused-ring (bicyclic) bond motifs is 1. The summed E-state index contributed by atoms with van der Waals surface area (Å²) >= 11 is 0. The van der Waals surface area contributed by atoms with Gasteiger partial charge < -0.3 is 9.73 Å². The Morgan fingerprint density at radius 1 is 1.09 bits per heavy atom. The van der Waals surface area contributed by atoms with Crippen LogP contribution in [0, 0.1) is 6.92 Å². The minimum atomic E-state index is -0.618. The summed E-state index contributed by atoms with van der Waals surface area (Å²) in [5.41, 5.74) is 1.76. The Kier molecular flexibility index (Phi) is 3.74. The van der Waals surface area contributed by atoms with E-state index in [1.54, 1.807) is 6.07 Å². The van der Waals surface area contributed by atoms with Crippen molar-refractivity contribution in [1.29, 1.82) is 0 Å². The number of hydrogen-bond donors (Lipinski definition) is 1. The largest absolute Gasteiger partial charge is 0.422 e. The first-order chi connectivity index (χ1) is 10.6. The molecule has 0 atom stereocenters. The maximum Gasteiger partial charge on any atom is 0.349 e. The van der Waals surface area contributed by atoms with E-state index in [-0.39, 0.29) is 5.56 Å². The van der Waals surface area contributed by atoms with Crippen molar-refractivity contribution in [3.63, 3.8) is 0 Å². The minimum absolute atomic E-state index is 0.0223. The second-order valence-corrected chi connectivity index (χ2v) is 5.11. The molecule has 1 amide bonds. The molecule has 4 nitrogen and oxygen atoms in total. The van der Waals surface area contributed by atoms with E-state index in [1.165, 1.54) is 0 Å². The first kappa shape index (κ1) is 14.1. The second-order valence-electron chi connectivity index (χ2n) is 5.11. The first-order valence-electron chi connectivity index (χ1n) is 7.01. The third kappa shape index (κ3) is 2.76. The van der Waals surface area contributed by atoms with E-state index in [1.807, 2.05) is 55.5 Å². The van der Waals surface area contributed by atoms with Crippen LogP contribution in [0.2, 0.25) is 0 Å². The molecule has 1 heterocycles. The summed E-state index contributed by atoms with van der Waals surface area (Å²) in [4.78, 5) is 24.2. The number of benzene rings is 2. The van der Waals surface area contributed by atoms with Crippen LogP contribution in [0.5, 0.6) is 0 Å². The second kappa shape index (κ2) is 5.85. The molecule has 0 saturated heterocycles. The van der Waals surface area contributed by atoms with E-state index < -0.39 is 11.5 Å². The molecule has 0 fully saturated rings. The number of nitrogens with one attached hydrogen (secondary N) is 1. The van der Waals surface area contributed by atoms with Crippen molar-refractivity contribution in [1.82, 2.24) is 5.32 Å². The fourth-order valence-corrected chi connectivity index (χ4v) is 2.32. The van der Waals surface area contributed by atoms with Crippen molar-refractivity contribution >= 4 is 16.9 Å². The lowest BCUT2D eigenvalue weighted by atomic mass is 10.1. The predicted molar refractivity (Wildman–Crippen MR) is 84.8 cm³/mol. The third-order valence-corrected chi connectivity index (χ3v) is 3.50. The Morgan fingerprint density at radius 3 is 2.64 bits per heavy atom. The molecule has 0 radical (unpaired) electrons. The number of rotatable bonds is 3. The van der Waals surface area contributed by atoms with E-state index in [4.69, 9.17) is 4.42 Å². The Labute approximate surface area is 127 Å². The summed E-state index contributed by atoms with van der Waals surface area (Å²) < 4.78 is 5.28. The lowest BCUT2D eigenvalue weighted by Crippen LogP contribution is -2.27. The van der Waals surface area contributed by atoms with Gasteiger partial charge in [-0.1, -0.05) is 48.5 Å². The van der Waals surface area contributed by atoms with Gasteiger partial charge in [-0.15, -0.1) is 0 Å². The Bertz CT molecular complexity index is 882. The van der Waals surface area contributed by atoms with Crippen molar-refractivity contribution in [3.8, 4) is 0 Å². The predicted octanol–water partition coefficient (Wildman–Crippen LogP) is 3.03. The number of amides is 1. The highest BCUT2D eigenvalue weighted by molar-refractivity contribution is 5.96. The van der Waals surface area contributed by atoms with Crippen LogP contribution < -0.4 is 10.9 Å². The molecule has 0 aliphatic carbocycles. The van der Waals surface area contributed by atoms with E-state index >= 15 is 0 Å². The molecule has 4 heteroatoms. The summed E-state index contributed by atoms with van der Waals surface area (Å²) in [6, 6.07) is 16.6. The van der Waals surface area contributed by atoms with E-state index in [0.717, 1.165) is 16.5 Å². The molecule has 1 N–H and O–H groups in total. The van der Waals surface area contributed by atoms with Gasteiger partial charge >= 0.3 is 5.63 Å². The van der Waals surface area contributed by atoms with Crippen molar-refractivity contribution in [3.05, 3.63) is 81.7 Å². The fraction of sp³-hybridized carbons (Fsp3) is 0.111. The van der Waals surface area contributed by atoms with E-state index in [2.05, 4.69) is 5.32 Å². The zero-order valence-electron chi connectivity index (χ0n) is 12.1. The van der Waals surface area contributed by atoms with Gasteiger partial charge in [0.05, 0.1) is 0 Å². The molecule has 0 saturated carbocycles. The minimum Gasteiger partial charge on any atom is -0.422 e. The first-order valence-corrected chi connectivity index (χ1v) is 7.01. The monoisotopic (exact) mass is 293 g/mol. The van der Waals surface area contributed by atoms with Gasteiger partial charge in [-0.25, -0.2) is 4.79 Å². The van der Waals surface area contributed by atoms with Crippen LogP contribution in [-0.2, 0) is 6.54 Å². The van der Waals surface area contributed by atoms with Gasteiger partial charge in [-0.3, -0.25) is 4.79 Å². The summed E-state index contributed by atoms with van der Waals surface area (Å²) in [7, 11) is 0. The highest BCUT2D eigenvalue weighted by Crippen LogP contribution is 2.17. The molecule has 0 bridgehead atoms. The maximum atomic E-state index is 12.2. The number of aryl methyl sites for hydroxylation is 1. The Morgan fingerprint density at radius 2 is 1.86 bits per heavy atom. The average molecular weight is 293 g/mol. The van der Waals surface area contributed by atoms with Crippen LogP contribution in [0.25, 0.3) is 11.0 Å². The molecule has 0 aliphatic heterocycles. The summed E-state index contributed by atoms with van der Waals surface area (Å²) in [5, 5.41) is 3.48. The van der Waals surface area contributed by atoms with E-state index in [9.17, 15) is 9.59 Å². The van der Waals surface area contributed by atoms with Gasteiger partial charge in [-0.05, 0) is 24.1 Å². The summed E-state index contributed by atoms with van der Waals surface area (Å²) in [6.45, 7) is 2.23. The topological polar surface area (TPSA) is 59.3 Å². The molecular formula is C18H15NO3. The quantitative estimate of drug-likeness (QED) is 0.755. The Balaban J connectivity index is 1.88. The lowest BCUT2D eigenvalue weighted by molar-refractivity contribution is 0.0947. The Hall–Kier alpha value is -2.88. The molecular weight excluding hydrogens is 278 g/mol. The SMILES string of the molecule is Cc1cccc2cc(C(=O)NCc3ccccc3)c(=O)oc12. The third-order valence-electron chi connectivity index (χ3n) is 3.50. The number of carbonyl (C=O) groups is 1. The van der Waals surface area contributed by atoms with E-state index in [0.29, 0.717) is 12.1 Å². The van der Waals surface area contributed by atoms with Gasteiger partial charge in [0.2, 0.25) is 0 Å². The van der Waals surface area contributed by atoms with Crippen LogP contribution in [0.1, 0.15) is 21.5 Å². The maximum absolute atomic E-state index is 12.2. The van der Waals surface area contributed by atoms with Crippen LogP contribution in [0.15, 0.2) is 63.8 Å². The molecule has 1 aromatic heterocycles. The van der Waals surface area contributed by atoms with Crippen LogP contribution in [0.4, 0.5) is 0 Å². The molecule has 3 rings (SSSR count). The molecule has 0 aliphatic rings. The van der Waals surface area contributed by atoms with Crippen molar-refractivity contribution < 1.29 is 9.21 Å². The van der Waals surface area contributed by atoms with Crippen molar-refractivity contribution in [2.45, 2.75) is 13.5 Å². The molecule has 3 aromatic rings. The van der Waals surface area contributed by atoms with Gasteiger partial charge in [0.1, 0.15) is 11.1 Å². The average Bonchev–Trinajstić information content (AvgIpc) is 2.54. The van der Waals surface area contributed by atoms with Gasteiger partial charge in [0, 0.05) is 11.9 Å². The standard InChI is InChI=1S/C18H15NO3/c1-12-6-5-9-14-10-15(18(21)22-16(12)14)17(20)19-11-13-7-3-2-4-8-13/h2-10H,11H2,1H3,(H,19,20). The van der Waals surface area contributed by atoms with Crippen molar-refractivity contribution in [2.24, 2.45) is 0 Å². The van der Waals surface area contributed by atoms with Gasteiger partial charge in [0.25, 0.3) is 5.91 Å². The van der Waals surface area contributed by atoms with Crippen LogP contribution in [-0.4, -0.2) is 5.91 Å². The number of para-hydroxylation sites is 1. The fourth-order valence-electron chi connectivity index (χ4n) is 2.32. The van der Waals surface area contributed by atoms with Gasteiger partial charge in [0.15, 0.2) is 0 Å². The zero-order valence-corrected chi connectivity index (χ0v) is 12.1. The smallest absolute Gasteiger partial charge is 0.349 e. The molecule has 0 unspecified atom stereocenters. The molecule has 22 heavy (non-hydrogen) atoms. The lowest BCUT2D eigenvalue weighted by Gasteiger charge is -2.06. The molecule has 0 spiro atoms. The van der Waals surface area contributed by atoms with Crippen molar-refractivity contribution in [2.75, 3.05) is 0 Å².